The molecule has 0 radical (unpaired) electrons. The maximum atomic E-state index is 10.6. The average molecular weight is 178 g/mol. The van der Waals surface area contributed by atoms with Crippen LogP contribution in [0, 0.1) is 0 Å². The van der Waals surface area contributed by atoms with Gasteiger partial charge in [0.05, 0.1) is 0 Å². The van der Waals surface area contributed by atoms with Gasteiger partial charge in [-0.2, -0.15) is 0 Å². The van der Waals surface area contributed by atoms with Gasteiger partial charge >= 0.3 is 5.97 Å². The SMILES string of the molecule is C=Cc1ccc(C(=O)O)nc1NC. The number of carboxylic acids is 1. The number of anilines is 1. The van der Waals surface area contributed by atoms with Crippen LogP contribution in [-0.2, 0) is 0 Å². The zero-order valence-corrected chi connectivity index (χ0v) is 7.24. The molecule has 0 bridgehead atoms. The highest BCUT2D eigenvalue weighted by Gasteiger charge is 2.06. The number of rotatable bonds is 3. The van der Waals surface area contributed by atoms with Gasteiger partial charge in [0, 0.05) is 12.6 Å². The molecule has 2 N–H and O–H groups in total. The molecule has 4 nitrogen and oxygen atoms in total. The smallest absolute Gasteiger partial charge is 0.354 e. The zero-order chi connectivity index (χ0) is 9.84. The predicted molar refractivity (Wildman–Crippen MR) is 50.8 cm³/mol. The lowest BCUT2D eigenvalue weighted by atomic mass is 10.2. The quantitative estimate of drug-likeness (QED) is 0.735. The molecule has 0 saturated carbocycles. The van der Waals surface area contributed by atoms with Crippen LogP contribution in [0.3, 0.4) is 0 Å². The zero-order valence-electron chi connectivity index (χ0n) is 7.24. The molecule has 13 heavy (non-hydrogen) atoms. The Labute approximate surface area is 75.9 Å². The normalized spacial score (nSPS) is 9.31. The molecule has 0 aliphatic carbocycles. The van der Waals surface area contributed by atoms with Gasteiger partial charge in [0.15, 0.2) is 5.69 Å². The number of hydrogen-bond donors (Lipinski definition) is 2. The van der Waals surface area contributed by atoms with Crippen molar-refractivity contribution >= 4 is 17.9 Å². The lowest BCUT2D eigenvalue weighted by Crippen LogP contribution is -2.04. The molecule has 0 unspecified atom stereocenters. The Morgan fingerprint density at radius 3 is 2.85 bits per heavy atom. The van der Waals surface area contributed by atoms with Gasteiger partial charge in [-0.25, -0.2) is 9.78 Å². The molecule has 68 valence electrons. The first-order chi connectivity index (χ1) is 6.19. The fourth-order valence-electron chi connectivity index (χ4n) is 0.954. The molecular formula is C9H10N2O2. The number of nitrogens with one attached hydrogen (secondary N) is 1. The number of nitrogens with zero attached hydrogens (tertiary/aromatic N) is 1. The summed E-state index contributed by atoms with van der Waals surface area (Å²) in [6.45, 7) is 3.59. The predicted octanol–water partition coefficient (Wildman–Crippen LogP) is 1.46. The Balaban J connectivity index is 3.20. The van der Waals surface area contributed by atoms with Gasteiger partial charge in [-0.3, -0.25) is 0 Å². The molecule has 1 heterocycles. The Bertz CT molecular complexity index is 347. The summed E-state index contributed by atoms with van der Waals surface area (Å²) in [6, 6.07) is 3.11. The van der Waals surface area contributed by atoms with Gasteiger partial charge < -0.3 is 10.4 Å². The molecule has 0 aliphatic heterocycles. The number of aromatic nitrogens is 1. The summed E-state index contributed by atoms with van der Waals surface area (Å²) in [5, 5.41) is 11.4. The minimum Gasteiger partial charge on any atom is -0.477 e. The van der Waals surface area contributed by atoms with E-state index in [-0.39, 0.29) is 5.69 Å². The Morgan fingerprint density at radius 2 is 2.38 bits per heavy atom. The van der Waals surface area contributed by atoms with E-state index in [1.54, 1.807) is 19.2 Å². The number of carboxylic acid groups (broad SMARTS) is 1. The topological polar surface area (TPSA) is 62.2 Å². The van der Waals surface area contributed by atoms with E-state index in [2.05, 4.69) is 16.9 Å². The van der Waals surface area contributed by atoms with E-state index in [0.29, 0.717) is 5.82 Å². The van der Waals surface area contributed by atoms with Crippen LogP contribution in [0.1, 0.15) is 16.1 Å². The summed E-state index contributed by atoms with van der Waals surface area (Å²) in [5.74, 6) is -0.512. The van der Waals surface area contributed by atoms with E-state index in [9.17, 15) is 4.79 Å². The van der Waals surface area contributed by atoms with Crippen LogP contribution in [0.15, 0.2) is 18.7 Å². The van der Waals surface area contributed by atoms with E-state index >= 15 is 0 Å². The Morgan fingerprint density at radius 1 is 1.69 bits per heavy atom. The monoisotopic (exact) mass is 178 g/mol. The van der Waals surface area contributed by atoms with Gasteiger partial charge in [-0.1, -0.05) is 12.7 Å². The summed E-state index contributed by atoms with van der Waals surface area (Å²) in [6.07, 6.45) is 1.62. The van der Waals surface area contributed by atoms with Crippen molar-refractivity contribution in [2.24, 2.45) is 0 Å². The fourth-order valence-corrected chi connectivity index (χ4v) is 0.954. The van der Waals surface area contributed by atoms with Crippen molar-refractivity contribution in [1.29, 1.82) is 0 Å². The highest BCUT2D eigenvalue weighted by molar-refractivity contribution is 5.86. The van der Waals surface area contributed by atoms with Gasteiger partial charge in [0.25, 0.3) is 0 Å². The first kappa shape index (κ1) is 9.25. The van der Waals surface area contributed by atoms with Crippen molar-refractivity contribution in [2.75, 3.05) is 12.4 Å². The van der Waals surface area contributed by atoms with E-state index in [0.717, 1.165) is 5.56 Å². The number of pyridine rings is 1. The lowest BCUT2D eigenvalue weighted by molar-refractivity contribution is 0.0690. The number of hydrogen-bond acceptors (Lipinski definition) is 3. The summed E-state index contributed by atoms with van der Waals surface area (Å²) in [7, 11) is 1.68. The third-order valence-corrected chi connectivity index (χ3v) is 1.60. The highest BCUT2D eigenvalue weighted by Crippen LogP contribution is 2.13. The second-order valence-corrected chi connectivity index (χ2v) is 2.39. The van der Waals surface area contributed by atoms with E-state index < -0.39 is 5.97 Å². The number of carbonyl (C=O) groups is 1. The second-order valence-electron chi connectivity index (χ2n) is 2.39. The van der Waals surface area contributed by atoms with Crippen LogP contribution in [0.4, 0.5) is 5.82 Å². The van der Waals surface area contributed by atoms with Crippen LogP contribution in [0.2, 0.25) is 0 Å². The Kier molecular flexibility index (Phi) is 2.64. The average Bonchev–Trinajstić information content (AvgIpc) is 2.16. The van der Waals surface area contributed by atoms with Gasteiger partial charge in [0.2, 0.25) is 0 Å². The van der Waals surface area contributed by atoms with E-state index in [1.807, 2.05) is 0 Å². The van der Waals surface area contributed by atoms with Crippen molar-refractivity contribution in [3.8, 4) is 0 Å². The largest absolute Gasteiger partial charge is 0.477 e. The number of aromatic carboxylic acids is 1. The van der Waals surface area contributed by atoms with Crippen molar-refractivity contribution in [3.63, 3.8) is 0 Å². The van der Waals surface area contributed by atoms with Crippen molar-refractivity contribution in [2.45, 2.75) is 0 Å². The molecule has 0 fully saturated rings. The van der Waals surface area contributed by atoms with Crippen molar-refractivity contribution in [3.05, 3.63) is 30.0 Å². The lowest BCUT2D eigenvalue weighted by Gasteiger charge is -2.04. The van der Waals surface area contributed by atoms with Crippen molar-refractivity contribution < 1.29 is 9.90 Å². The van der Waals surface area contributed by atoms with Crippen LogP contribution >= 0.6 is 0 Å². The molecule has 1 rings (SSSR count). The van der Waals surface area contributed by atoms with Crippen LogP contribution in [-0.4, -0.2) is 23.1 Å². The van der Waals surface area contributed by atoms with Gasteiger partial charge in [0.1, 0.15) is 5.82 Å². The first-order valence-corrected chi connectivity index (χ1v) is 3.73. The summed E-state index contributed by atoms with van der Waals surface area (Å²) >= 11 is 0. The highest BCUT2D eigenvalue weighted by atomic mass is 16.4. The summed E-state index contributed by atoms with van der Waals surface area (Å²) < 4.78 is 0. The standard InChI is InChI=1S/C9H10N2O2/c1-3-6-4-5-7(9(12)13)11-8(6)10-2/h3-5H,1H2,2H3,(H,10,11)(H,12,13). The third-order valence-electron chi connectivity index (χ3n) is 1.60. The molecule has 4 heteroatoms. The summed E-state index contributed by atoms with van der Waals surface area (Å²) in [4.78, 5) is 14.4. The van der Waals surface area contributed by atoms with Gasteiger partial charge in [-0.05, 0) is 12.1 Å². The maximum absolute atomic E-state index is 10.6. The second kappa shape index (κ2) is 3.71. The molecule has 1 aromatic heterocycles. The molecule has 0 aromatic carbocycles. The minimum atomic E-state index is -1.04. The maximum Gasteiger partial charge on any atom is 0.354 e. The van der Waals surface area contributed by atoms with E-state index in [4.69, 9.17) is 5.11 Å². The summed E-state index contributed by atoms with van der Waals surface area (Å²) in [5.41, 5.74) is 0.808. The van der Waals surface area contributed by atoms with Crippen LogP contribution < -0.4 is 5.32 Å². The van der Waals surface area contributed by atoms with Crippen molar-refractivity contribution in [1.82, 2.24) is 4.98 Å². The van der Waals surface area contributed by atoms with Crippen LogP contribution in [0.25, 0.3) is 6.08 Å². The molecule has 0 saturated heterocycles. The third kappa shape index (κ3) is 1.84. The molecule has 0 spiro atoms. The molecule has 0 atom stereocenters. The molecular weight excluding hydrogens is 168 g/mol. The fraction of sp³-hybridized carbons (Fsp3) is 0.111. The van der Waals surface area contributed by atoms with Gasteiger partial charge in [-0.15, -0.1) is 0 Å². The van der Waals surface area contributed by atoms with E-state index in [1.165, 1.54) is 6.07 Å². The van der Waals surface area contributed by atoms with Crippen LogP contribution in [0.5, 0.6) is 0 Å². The molecule has 0 aliphatic rings. The minimum absolute atomic E-state index is 0.0231. The first-order valence-electron chi connectivity index (χ1n) is 3.73. The molecule has 1 aromatic rings. The Hall–Kier alpha value is -1.84. The molecule has 0 amide bonds.